The molecule has 0 aromatic rings. The molecule has 0 radical (unpaired) electrons. The average molecular weight is 323 g/mol. The van der Waals surface area contributed by atoms with Crippen LogP contribution < -0.4 is 4.65 Å². The lowest BCUT2D eigenvalue weighted by Crippen LogP contribution is -2.55. The second-order valence-corrected chi connectivity index (χ2v) is 27.0. The summed E-state index contributed by atoms with van der Waals surface area (Å²) in [4.78, 5) is 0. The van der Waals surface area contributed by atoms with E-state index in [-0.39, 0.29) is 0 Å². The zero-order valence-electron chi connectivity index (χ0n) is 15.0. The van der Waals surface area contributed by atoms with E-state index < -0.39 is 33.7 Å². The highest BCUT2D eigenvalue weighted by atomic mass is 28.4. The van der Waals surface area contributed by atoms with Gasteiger partial charge in [-0.15, -0.1) is 0 Å². The van der Waals surface area contributed by atoms with Gasteiger partial charge in [0.05, 0.1) is 8.96 Å². The van der Waals surface area contributed by atoms with Crippen LogP contribution in [0, 0.1) is 0 Å². The monoisotopic (exact) mass is 322 g/mol. The number of nitrogens with zero attached hydrogens (tertiary/aromatic N) is 1. The molecule has 0 aliphatic rings. The van der Waals surface area contributed by atoms with Crippen LogP contribution in [0.25, 0.3) is 0 Å². The van der Waals surface area contributed by atoms with Crippen molar-refractivity contribution in [3.05, 3.63) is 0 Å². The first-order valence-electron chi connectivity index (χ1n) is 7.08. The molecule has 0 aliphatic heterocycles. The summed E-state index contributed by atoms with van der Waals surface area (Å²) in [5.41, 5.74) is 0. The third-order valence-electron chi connectivity index (χ3n) is 2.58. The topological polar surface area (TPSA) is 15.3 Å². The van der Waals surface area contributed by atoms with E-state index in [0.717, 1.165) is 0 Å². The first-order valence-corrected chi connectivity index (χ1v) is 20.4. The standard InChI is InChI=1S/2C6H19NSi2/c1-8(2,3)7-9(4,5)6;1-7(8(2)3)9(4,5)6/h7H,1-6H3;8H,1-6H3. The molecule has 2 nitrogen and oxygen atoms in total. The molecule has 0 unspecified atom stereocenters. The van der Waals surface area contributed by atoms with E-state index in [1.165, 1.54) is 0 Å². The van der Waals surface area contributed by atoms with E-state index in [2.05, 4.69) is 87.9 Å². The summed E-state index contributed by atoms with van der Waals surface area (Å²) < 4.78 is 6.37. The highest BCUT2D eigenvalue weighted by molar-refractivity contribution is 6.90. The van der Waals surface area contributed by atoms with E-state index in [1.807, 2.05) is 0 Å². The Labute approximate surface area is 122 Å². The fourth-order valence-corrected chi connectivity index (χ4v) is 17.1. The summed E-state index contributed by atoms with van der Waals surface area (Å²) in [6.07, 6.45) is 0. The van der Waals surface area contributed by atoms with Crippen molar-refractivity contribution >= 4 is 33.7 Å². The first-order chi connectivity index (χ1) is 7.56. The molecule has 0 spiro atoms. The smallest absolute Gasteiger partial charge is 0.111 e. The maximum Gasteiger partial charge on any atom is 0.111 e. The van der Waals surface area contributed by atoms with Crippen molar-refractivity contribution in [2.24, 2.45) is 0 Å². The highest BCUT2D eigenvalue weighted by Crippen LogP contribution is 2.07. The summed E-state index contributed by atoms with van der Waals surface area (Å²) in [5, 5.41) is 0. The Hall–Kier alpha value is 0.788. The third kappa shape index (κ3) is 14.8. The van der Waals surface area contributed by atoms with Gasteiger partial charge in [0.25, 0.3) is 0 Å². The van der Waals surface area contributed by atoms with Crippen LogP contribution in [0.2, 0.25) is 72.0 Å². The second-order valence-electron chi connectivity index (χ2n) is 8.50. The Morgan fingerprint density at radius 3 is 1.00 bits per heavy atom. The van der Waals surface area contributed by atoms with Crippen LogP contribution in [-0.4, -0.2) is 44.9 Å². The van der Waals surface area contributed by atoms with Gasteiger partial charge in [0.15, 0.2) is 0 Å². The molecular formula is C12H38N2Si4. The van der Waals surface area contributed by atoms with Gasteiger partial charge >= 0.3 is 0 Å². The molecule has 0 saturated heterocycles. The predicted octanol–water partition coefficient (Wildman–Crippen LogP) is 3.98. The van der Waals surface area contributed by atoms with Crippen LogP contribution in [-0.2, 0) is 0 Å². The van der Waals surface area contributed by atoms with Gasteiger partial charge in [-0.1, -0.05) is 72.0 Å². The molecule has 0 atom stereocenters. The Kier molecular flexibility index (Phi) is 8.83. The lowest BCUT2D eigenvalue weighted by Gasteiger charge is -2.33. The summed E-state index contributed by atoms with van der Waals surface area (Å²) in [6, 6.07) is 0. The van der Waals surface area contributed by atoms with Gasteiger partial charge in [0.1, 0.15) is 24.7 Å². The van der Waals surface area contributed by atoms with Crippen LogP contribution in [0.5, 0.6) is 0 Å². The number of rotatable bonds is 4. The second kappa shape index (κ2) is 7.54. The van der Waals surface area contributed by atoms with Gasteiger partial charge in [-0.2, -0.15) is 0 Å². The van der Waals surface area contributed by atoms with E-state index >= 15 is 0 Å². The van der Waals surface area contributed by atoms with E-state index in [9.17, 15) is 0 Å². The van der Waals surface area contributed by atoms with Gasteiger partial charge < -0.3 is 8.88 Å². The molecule has 1 N–H and O–H groups in total. The lowest BCUT2D eigenvalue weighted by atomic mass is 11.6. The van der Waals surface area contributed by atoms with Crippen molar-refractivity contribution in [3.8, 4) is 0 Å². The van der Waals surface area contributed by atoms with Crippen LogP contribution in [0.4, 0.5) is 0 Å². The SMILES string of the molecule is CN([SiH](C)C)[Si](C)(C)C.C[Si](C)(C)N[Si](C)(C)C. The summed E-state index contributed by atoms with van der Waals surface area (Å²) in [7, 11) is -1.10. The molecule has 0 amide bonds. The van der Waals surface area contributed by atoms with Gasteiger partial charge in [-0.25, -0.2) is 0 Å². The minimum atomic E-state index is -0.981. The molecule has 0 aliphatic carbocycles. The molecule has 0 aromatic heterocycles. The van der Waals surface area contributed by atoms with Crippen molar-refractivity contribution < 1.29 is 0 Å². The minimum absolute atomic E-state index is 0.495. The largest absolute Gasteiger partial charge is 0.360 e. The molecule has 18 heavy (non-hydrogen) atoms. The average Bonchev–Trinajstić information content (AvgIpc) is 1.94. The van der Waals surface area contributed by atoms with Crippen molar-refractivity contribution in [1.82, 2.24) is 8.88 Å². The Morgan fingerprint density at radius 1 is 0.722 bits per heavy atom. The van der Waals surface area contributed by atoms with E-state index in [0.29, 0.717) is 0 Å². The Morgan fingerprint density at radius 2 is 1.00 bits per heavy atom. The van der Waals surface area contributed by atoms with Crippen LogP contribution in [0.1, 0.15) is 0 Å². The van der Waals surface area contributed by atoms with E-state index in [1.54, 1.807) is 0 Å². The van der Waals surface area contributed by atoms with Crippen molar-refractivity contribution in [2.45, 2.75) is 72.0 Å². The van der Waals surface area contributed by atoms with Crippen molar-refractivity contribution in [1.29, 1.82) is 0 Å². The molecule has 0 bridgehead atoms. The van der Waals surface area contributed by atoms with Gasteiger partial charge in [0.2, 0.25) is 0 Å². The summed E-state index contributed by atoms with van der Waals surface area (Å²) in [5.74, 6) is 0. The normalized spacial score (nSPS) is 13.7. The molecule has 0 rings (SSSR count). The fraction of sp³-hybridized carbons (Fsp3) is 1.00. The van der Waals surface area contributed by atoms with Crippen LogP contribution in [0.15, 0.2) is 0 Å². The number of nitrogens with one attached hydrogen (secondary N) is 1. The molecule has 112 valence electrons. The molecule has 0 saturated carbocycles. The van der Waals surface area contributed by atoms with Crippen LogP contribution >= 0.6 is 0 Å². The fourth-order valence-electron chi connectivity index (χ4n) is 1.90. The molecular weight excluding hydrogens is 284 g/mol. The quantitative estimate of drug-likeness (QED) is 0.788. The molecule has 0 fully saturated rings. The molecule has 0 aromatic carbocycles. The third-order valence-corrected chi connectivity index (χ3v) is 16.1. The van der Waals surface area contributed by atoms with Crippen molar-refractivity contribution in [3.63, 3.8) is 0 Å². The first kappa shape index (κ1) is 21.1. The maximum atomic E-state index is 3.74. The van der Waals surface area contributed by atoms with Crippen molar-refractivity contribution in [2.75, 3.05) is 7.05 Å². The zero-order chi connectivity index (χ0) is 15.4. The summed E-state index contributed by atoms with van der Waals surface area (Å²) >= 11 is 0. The van der Waals surface area contributed by atoms with Gasteiger partial charge in [-0.05, 0) is 7.05 Å². The Balaban J connectivity index is 0. The lowest BCUT2D eigenvalue weighted by molar-refractivity contribution is 0.784. The molecule has 0 heterocycles. The van der Waals surface area contributed by atoms with Crippen LogP contribution in [0.3, 0.4) is 0 Å². The molecule has 6 heteroatoms. The summed E-state index contributed by atoms with van der Waals surface area (Å²) in [6.45, 7) is 26.1. The Bertz CT molecular complexity index is 212. The number of hydrogen-bond acceptors (Lipinski definition) is 2. The van der Waals surface area contributed by atoms with Gasteiger partial charge in [-0.3, -0.25) is 0 Å². The predicted molar refractivity (Wildman–Crippen MR) is 99.8 cm³/mol. The highest BCUT2D eigenvalue weighted by Gasteiger charge is 2.22. The maximum absolute atomic E-state index is 3.74. The zero-order valence-corrected chi connectivity index (χ0v) is 19.2. The number of hydrogen-bond donors (Lipinski definition) is 1. The minimum Gasteiger partial charge on any atom is -0.360 e. The van der Waals surface area contributed by atoms with E-state index in [4.69, 9.17) is 0 Å². The van der Waals surface area contributed by atoms with Gasteiger partial charge in [0, 0.05) is 0 Å².